The number of nitrogens with zero attached hydrogens (tertiary/aromatic N) is 2. The molecule has 0 saturated heterocycles. The molecule has 1 aromatic rings. The van der Waals surface area contributed by atoms with E-state index in [-0.39, 0.29) is 11.4 Å². The first kappa shape index (κ1) is 13.3. The standard InChI is InChI=1S/C12H12F2N2O3/c1-15-9(5-10(17)18)12(19)16(2)8-4-6(13)3-7(14)11(8)15/h3-4,9H,5H2,1-2H3,(H,17,18). The van der Waals surface area contributed by atoms with Crippen molar-refractivity contribution in [3.05, 3.63) is 23.8 Å². The molecule has 1 N–H and O–H groups in total. The average molecular weight is 270 g/mol. The van der Waals surface area contributed by atoms with Crippen molar-refractivity contribution in [3.8, 4) is 0 Å². The Morgan fingerprint density at radius 2 is 2.00 bits per heavy atom. The molecule has 0 fully saturated rings. The van der Waals surface area contributed by atoms with Crippen LogP contribution in [0.2, 0.25) is 0 Å². The molecule has 1 heterocycles. The summed E-state index contributed by atoms with van der Waals surface area (Å²) in [7, 11) is 2.78. The first-order valence-electron chi connectivity index (χ1n) is 5.54. The van der Waals surface area contributed by atoms with Crippen LogP contribution in [0, 0.1) is 11.6 Å². The van der Waals surface area contributed by atoms with Crippen molar-refractivity contribution in [2.75, 3.05) is 23.9 Å². The predicted octanol–water partition coefficient (Wildman–Crippen LogP) is 1.22. The lowest BCUT2D eigenvalue weighted by atomic mass is 10.0. The Kier molecular flexibility index (Phi) is 3.13. The van der Waals surface area contributed by atoms with Gasteiger partial charge in [0.05, 0.1) is 17.8 Å². The fourth-order valence-electron chi connectivity index (χ4n) is 2.21. The highest BCUT2D eigenvalue weighted by molar-refractivity contribution is 6.06. The SMILES string of the molecule is CN1C(=O)C(CC(=O)O)N(C)c2c(F)cc(F)cc21. The van der Waals surface area contributed by atoms with Crippen LogP contribution >= 0.6 is 0 Å². The van der Waals surface area contributed by atoms with E-state index in [1.165, 1.54) is 19.0 Å². The topological polar surface area (TPSA) is 60.9 Å². The summed E-state index contributed by atoms with van der Waals surface area (Å²) in [6.45, 7) is 0. The Bertz CT molecular complexity index is 562. The Morgan fingerprint density at radius 1 is 1.37 bits per heavy atom. The number of aliphatic carboxylic acids is 1. The van der Waals surface area contributed by atoms with Gasteiger partial charge in [-0.15, -0.1) is 0 Å². The van der Waals surface area contributed by atoms with E-state index in [1.54, 1.807) is 0 Å². The van der Waals surface area contributed by atoms with Crippen molar-refractivity contribution in [2.24, 2.45) is 0 Å². The number of anilines is 2. The predicted molar refractivity (Wildman–Crippen MR) is 64.2 cm³/mol. The smallest absolute Gasteiger partial charge is 0.305 e. The highest BCUT2D eigenvalue weighted by Gasteiger charge is 2.37. The van der Waals surface area contributed by atoms with Gasteiger partial charge in [-0.3, -0.25) is 9.59 Å². The fourth-order valence-corrected chi connectivity index (χ4v) is 2.21. The van der Waals surface area contributed by atoms with Gasteiger partial charge in [0.25, 0.3) is 0 Å². The van der Waals surface area contributed by atoms with Crippen LogP contribution in [0.4, 0.5) is 20.2 Å². The van der Waals surface area contributed by atoms with Gasteiger partial charge in [-0.2, -0.15) is 0 Å². The van der Waals surface area contributed by atoms with Gasteiger partial charge < -0.3 is 14.9 Å². The van der Waals surface area contributed by atoms with Gasteiger partial charge in [-0.05, 0) is 6.07 Å². The second-order valence-electron chi connectivity index (χ2n) is 4.38. The number of carbonyl (C=O) groups is 2. The molecule has 1 aliphatic heterocycles. The molecule has 0 saturated carbocycles. The minimum absolute atomic E-state index is 0.0229. The number of benzene rings is 1. The summed E-state index contributed by atoms with van der Waals surface area (Å²) in [6, 6.07) is 0.746. The van der Waals surface area contributed by atoms with Crippen molar-refractivity contribution >= 4 is 23.3 Å². The molecule has 2 rings (SSSR count). The maximum absolute atomic E-state index is 13.8. The number of likely N-dealkylation sites (N-methyl/N-ethyl adjacent to an activating group) is 2. The molecule has 1 aliphatic rings. The molecular formula is C12H12F2N2O3. The van der Waals surface area contributed by atoms with Crippen LogP contribution in [-0.4, -0.2) is 37.1 Å². The van der Waals surface area contributed by atoms with E-state index < -0.39 is 36.0 Å². The van der Waals surface area contributed by atoms with E-state index in [0.717, 1.165) is 11.0 Å². The average Bonchev–Trinajstić information content (AvgIpc) is 2.30. The number of amides is 1. The van der Waals surface area contributed by atoms with Gasteiger partial charge in [-0.1, -0.05) is 0 Å². The van der Waals surface area contributed by atoms with Gasteiger partial charge in [0.2, 0.25) is 5.91 Å². The van der Waals surface area contributed by atoms with E-state index >= 15 is 0 Å². The molecule has 7 heteroatoms. The number of rotatable bonds is 2. The van der Waals surface area contributed by atoms with Crippen LogP contribution in [0.3, 0.4) is 0 Å². The van der Waals surface area contributed by atoms with Crippen LogP contribution in [0.1, 0.15) is 6.42 Å². The van der Waals surface area contributed by atoms with Gasteiger partial charge in [0, 0.05) is 20.2 Å². The first-order chi connectivity index (χ1) is 8.82. The van der Waals surface area contributed by atoms with E-state index in [4.69, 9.17) is 5.11 Å². The van der Waals surface area contributed by atoms with Gasteiger partial charge in [-0.25, -0.2) is 8.78 Å². The van der Waals surface area contributed by atoms with Gasteiger partial charge in [0.1, 0.15) is 11.9 Å². The normalized spacial score (nSPS) is 18.5. The molecule has 1 atom stereocenters. The van der Waals surface area contributed by atoms with Crippen molar-refractivity contribution in [3.63, 3.8) is 0 Å². The van der Waals surface area contributed by atoms with Crippen molar-refractivity contribution in [1.82, 2.24) is 0 Å². The van der Waals surface area contributed by atoms with Crippen LogP contribution in [0.25, 0.3) is 0 Å². The summed E-state index contributed by atoms with van der Waals surface area (Å²) in [5.74, 6) is -3.29. The van der Waals surface area contributed by atoms with Crippen LogP contribution in [-0.2, 0) is 9.59 Å². The van der Waals surface area contributed by atoms with Gasteiger partial charge >= 0.3 is 5.97 Å². The Morgan fingerprint density at radius 3 is 2.58 bits per heavy atom. The molecule has 5 nitrogen and oxygen atoms in total. The number of fused-ring (bicyclic) bond motifs is 1. The molecule has 102 valence electrons. The maximum atomic E-state index is 13.8. The molecule has 19 heavy (non-hydrogen) atoms. The summed E-state index contributed by atoms with van der Waals surface area (Å²) >= 11 is 0. The third kappa shape index (κ3) is 2.11. The molecular weight excluding hydrogens is 258 g/mol. The minimum atomic E-state index is -1.16. The first-order valence-corrected chi connectivity index (χ1v) is 5.54. The lowest BCUT2D eigenvalue weighted by molar-refractivity contribution is -0.139. The van der Waals surface area contributed by atoms with E-state index in [9.17, 15) is 18.4 Å². The summed E-state index contributed by atoms with van der Waals surface area (Å²) in [4.78, 5) is 25.1. The monoisotopic (exact) mass is 270 g/mol. The number of hydrogen-bond acceptors (Lipinski definition) is 3. The zero-order valence-corrected chi connectivity index (χ0v) is 10.4. The minimum Gasteiger partial charge on any atom is -0.481 e. The quantitative estimate of drug-likeness (QED) is 0.877. The molecule has 1 amide bonds. The molecule has 0 spiro atoms. The zero-order valence-electron chi connectivity index (χ0n) is 10.4. The molecule has 0 aliphatic carbocycles. The largest absolute Gasteiger partial charge is 0.481 e. The van der Waals surface area contributed by atoms with Crippen LogP contribution in [0.5, 0.6) is 0 Å². The summed E-state index contributed by atoms with van der Waals surface area (Å²) in [6.07, 6.45) is -0.448. The zero-order chi connectivity index (χ0) is 14.3. The number of carboxylic acids is 1. The lowest BCUT2D eigenvalue weighted by Gasteiger charge is -2.39. The van der Waals surface area contributed by atoms with Crippen molar-refractivity contribution < 1.29 is 23.5 Å². The highest BCUT2D eigenvalue weighted by Crippen LogP contribution is 2.37. The van der Waals surface area contributed by atoms with Crippen molar-refractivity contribution in [2.45, 2.75) is 12.5 Å². The Labute approximate surface area is 108 Å². The van der Waals surface area contributed by atoms with Gasteiger partial charge in [0.15, 0.2) is 5.82 Å². The Hall–Kier alpha value is -2.18. The molecule has 1 unspecified atom stereocenters. The molecule has 0 aromatic heterocycles. The van der Waals surface area contributed by atoms with Crippen molar-refractivity contribution in [1.29, 1.82) is 0 Å². The molecule has 0 radical (unpaired) electrons. The summed E-state index contributed by atoms with van der Waals surface area (Å²) in [5.41, 5.74) is 0.112. The fraction of sp³-hybridized carbons (Fsp3) is 0.333. The second kappa shape index (κ2) is 4.49. The van der Waals surface area contributed by atoms with E-state index in [0.29, 0.717) is 6.07 Å². The number of carboxylic acid groups (broad SMARTS) is 1. The van der Waals surface area contributed by atoms with E-state index in [2.05, 4.69) is 0 Å². The summed E-state index contributed by atoms with van der Waals surface area (Å²) in [5, 5.41) is 8.80. The maximum Gasteiger partial charge on any atom is 0.305 e. The summed E-state index contributed by atoms with van der Waals surface area (Å²) < 4.78 is 27.0. The highest BCUT2D eigenvalue weighted by atomic mass is 19.1. The molecule has 1 aromatic carbocycles. The number of halogens is 2. The third-order valence-corrected chi connectivity index (χ3v) is 3.17. The Balaban J connectivity index is 2.55. The molecule has 0 bridgehead atoms. The second-order valence-corrected chi connectivity index (χ2v) is 4.38. The lowest BCUT2D eigenvalue weighted by Crippen LogP contribution is -2.52. The third-order valence-electron chi connectivity index (χ3n) is 3.17. The van der Waals surface area contributed by atoms with Crippen LogP contribution < -0.4 is 9.80 Å². The number of carbonyl (C=O) groups excluding carboxylic acids is 1. The van der Waals surface area contributed by atoms with E-state index in [1.807, 2.05) is 0 Å². The van der Waals surface area contributed by atoms with Crippen LogP contribution in [0.15, 0.2) is 12.1 Å². The number of hydrogen-bond donors (Lipinski definition) is 1.